The van der Waals surface area contributed by atoms with Crippen LogP contribution in [0.25, 0.3) is 10.9 Å². The lowest BCUT2D eigenvalue weighted by molar-refractivity contribution is -0.870. The monoisotopic (exact) mass is 331 g/mol. The number of anilines is 1. The first-order chi connectivity index (χ1) is 11.4. The average Bonchev–Trinajstić information content (AvgIpc) is 2.95. The van der Waals surface area contributed by atoms with Gasteiger partial charge in [0.1, 0.15) is 0 Å². The van der Waals surface area contributed by atoms with Crippen LogP contribution in [0.2, 0.25) is 0 Å². The summed E-state index contributed by atoms with van der Waals surface area (Å²) in [4.78, 5) is 2.53. The maximum atomic E-state index is 6.05. The van der Waals surface area contributed by atoms with Gasteiger partial charge in [-0.15, -0.1) is 0 Å². The van der Waals surface area contributed by atoms with Crippen LogP contribution >= 0.6 is 0 Å². The number of quaternary nitrogens is 1. The van der Waals surface area contributed by atoms with Crippen LogP contribution in [0.4, 0.5) is 5.69 Å². The molecule has 0 saturated carbocycles. The van der Waals surface area contributed by atoms with Crippen LogP contribution in [-0.4, -0.2) is 74.0 Å². The summed E-state index contributed by atoms with van der Waals surface area (Å²) in [5.74, 6) is 0. The highest BCUT2D eigenvalue weighted by Gasteiger charge is 2.22. The van der Waals surface area contributed by atoms with Crippen molar-refractivity contribution >= 4 is 16.6 Å². The summed E-state index contributed by atoms with van der Waals surface area (Å²) in [6, 6.07) is 8.26. The van der Waals surface area contributed by atoms with Gasteiger partial charge in [-0.1, -0.05) is 6.07 Å². The maximum Gasteiger partial charge on any atom is 0.0806 e. The van der Waals surface area contributed by atoms with Crippen molar-refractivity contribution < 1.29 is 9.22 Å². The van der Waals surface area contributed by atoms with E-state index in [4.69, 9.17) is 10.5 Å². The summed E-state index contributed by atoms with van der Waals surface area (Å²) in [5, 5.41) is 1.15. The molecule has 3 rings (SSSR count). The Balaban J connectivity index is 1.55. The Labute approximate surface area is 145 Å². The fraction of sp³-hybridized carbons (Fsp3) is 0.579. The summed E-state index contributed by atoms with van der Waals surface area (Å²) in [6.45, 7) is 6.13. The molecule has 0 amide bonds. The summed E-state index contributed by atoms with van der Waals surface area (Å²) in [6.07, 6.45) is 3.65. The van der Waals surface area contributed by atoms with E-state index in [9.17, 15) is 0 Å². The van der Waals surface area contributed by atoms with Gasteiger partial charge in [-0.3, -0.25) is 4.90 Å². The normalized spacial score (nSPS) is 19.9. The Bertz CT molecular complexity index is 674. The van der Waals surface area contributed by atoms with Gasteiger partial charge in [0, 0.05) is 49.9 Å². The van der Waals surface area contributed by atoms with Crippen molar-refractivity contribution in [3.05, 3.63) is 30.5 Å². The number of hydrogen-bond acceptors (Lipinski definition) is 3. The summed E-state index contributed by atoms with van der Waals surface area (Å²) in [5.41, 5.74) is 8.14. The molecule has 1 fully saturated rings. The van der Waals surface area contributed by atoms with Gasteiger partial charge in [0.05, 0.1) is 45.9 Å². The zero-order valence-corrected chi connectivity index (χ0v) is 15.2. The van der Waals surface area contributed by atoms with Crippen molar-refractivity contribution in [3.63, 3.8) is 0 Å². The van der Waals surface area contributed by atoms with Crippen molar-refractivity contribution in [1.29, 1.82) is 0 Å². The quantitative estimate of drug-likeness (QED) is 0.650. The molecule has 2 aromatic rings. The maximum absolute atomic E-state index is 6.05. The van der Waals surface area contributed by atoms with E-state index in [1.54, 1.807) is 0 Å². The van der Waals surface area contributed by atoms with E-state index in [0.717, 1.165) is 61.3 Å². The van der Waals surface area contributed by atoms with Crippen molar-refractivity contribution in [2.45, 2.75) is 19.1 Å². The number of hydrogen-bond donors (Lipinski definition) is 1. The van der Waals surface area contributed by atoms with Gasteiger partial charge in [0.2, 0.25) is 0 Å². The smallest absolute Gasteiger partial charge is 0.0806 e. The van der Waals surface area contributed by atoms with Gasteiger partial charge in [-0.25, -0.2) is 0 Å². The Morgan fingerprint density at radius 2 is 2.04 bits per heavy atom. The molecular weight excluding hydrogens is 300 g/mol. The van der Waals surface area contributed by atoms with E-state index in [-0.39, 0.29) is 0 Å². The van der Waals surface area contributed by atoms with E-state index in [1.165, 1.54) is 5.52 Å². The molecule has 0 aliphatic carbocycles. The van der Waals surface area contributed by atoms with E-state index in [0.29, 0.717) is 6.10 Å². The first-order valence-electron chi connectivity index (χ1n) is 8.90. The van der Waals surface area contributed by atoms with Crippen molar-refractivity contribution in [1.82, 2.24) is 9.47 Å². The fourth-order valence-electron chi connectivity index (χ4n) is 3.38. The highest BCUT2D eigenvalue weighted by Crippen LogP contribution is 2.22. The van der Waals surface area contributed by atoms with Gasteiger partial charge in [-0.2, -0.15) is 0 Å². The predicted molar refractivity (Wildman–Crippen MR) is 100 cm³/mol. The molecule has 24 heavy (non-hydrogen) atoms. The van der Waals surface area contributed by atoms with E-state index < -0.39 is 0 Å². The van der Waals surface area contributed by atoms with Gasteiger partial charge in [-0.05, 0) is 18.2 Å². The van der Waals surface area contributed by atoms with Gasteiger partial charge in [0.15, 0.2) is 0 Å². The topological polar surface area (TPSA) is 43.4 Å². The number of ether oxygens (including phenoxy) is 1. The largest absolute Gasteiger partial charge is 0.398 e. The predicted octanol–water partition coefficient (Wildman–Crippen LogP) is 2.02. The molecule has 1 unspecified atom stereocenters. The third-order valence-electron chi connectivity index (χ3n) is 4.85. The minimum absolute atomic E-state index is 0.369. The molecule has 5 heteroatoms. The molecule has 1 aromatic carbocycles. The second-order valence-electron chi connectivity index (χ2n) is 7.89. The standard InChI is InChI=1S/C19H31N4O/c1-23(2,3)13-8-16-15-21(12-14-24-16)10-11-22-9-7-17-18(20)5-4-6-19(17)22/h4-7,9,16H,8,10-15,20H2,1-3H3/q+1. The first-order valence-corrected chi connectivity index (χ1v) is 8.90. The molecule has 0 spiro atoms. The highest BCUT2D eigenvalue weighted by atomic mass is 16.5. The zero-order chi connectivity index (χ0) is 17.2. The second-order valence-corrected chi connectivity index (χ2v) is 7.89. The van der Waals surface area contributed by atoms with E-state index in [2.05, 4.69) is 48.9 Å². The van der Waals surface area contributed by atoms with E-state index >= 15 is 0 Å². The van der Waals surface area contributed by atoms with Gasteiger partial charge in [0.25, 0.3) is 0 Å². The van der Waals surface area contributed by atoms with Crippen LogP contribution < -0.4 is 5.73 Å². The SMILES string of the molecule is C[N+](C)(C)CCC1CN(CCn2ccc3c(N)cccc32)CCO1. The molecular formula is C19H31N4O+. The number of nitrogen functional groups attached to an aromatic ring is 1. The van der Waals surface area contributed by atoms with Crippen LogP contribution in [0.1, 0.15) is 6.42 Å². The Hall–Kier alpha value is -1.56. The minimum Gasteiger partial charge on any atom is -0.398 e. The summed E-state index contributed by atoms with van der Waals surface area (Å²) in [7, 11) is 6.72. The molecule has 2 heterocycles. The first kappa shape index (κ1) is 17.3. The Kier molecular flexibility index (Phi) is 5.13. The van der Waals surface area contributed by atoms with Crippen molar-refractivity contribution in [2.75, 3.05) is 59.7 Å². The van der Waals surface area contributed by atoms with Crippen LogP contribution in [-0.2, 0) is 11.3 Å². The average molecular weight is 331 g/mol. The number of nitrogens with two attached hydrogens (primary N) is 1. The molecule has 0 radical (unpaired) electrons. The number of rotatable bonds is 6. The van der Waals surface area contributed by atoms with Gasteiger partial charge >= 0.3 is 0 Å². The van der Waals surface area contributed by atoms with Crippen molar-refractivity contribution in [2.24, 2.45) is 0 Å². The van der Waals surface area contributed by atoms with Crippen LogP contribution in [0.5, 0.6) is 0 Å². The molecule has 132 valence electrons. The van der Waals surface area contributed by atoms with Crippen molar-refractivity contribution in [3.8, 4) is 0 Å². The molecule has 2 N–H and O–H groups in total. The fourth-order valence-corrected chi connectivity index (χ4v) is 3.38. The van der Waals surface area contributed by atoms with Crippen LogP contribution in [0.15, 0.2) is 30.5 Å². The number of nitrogens with zero attached hydrogens (tertiary/aromatic N) is 3. The lowest BCUT2D eigenvalue weighted by atomic mass is 10.2. The number of morpholine rings is 1. The summed E-state index contributed by atoms with van der Waals surface area (Å²) < 4.78 is 9.26. The molecule has 1 aliphatic rings. The van der Waals surface area contributed by atoms with Crippen LogP contribution in [0, 0.1) is 0 Å². The third kappa shape index (κ3) is 4.29. The lowest BCUT2D eigenvalue weighted by Crippen LogP contribution is -2.46. The van der Waals surface area contributed by atoms with E-state index in [1.807, 2.05) is 12.1 Å². The molecule has 0 bridgehead atoms. The highest BCUT2D eigenvalue weighted by molar-refractivity contribution is 5.91. The summed E-state index contributed by atoms with van der Waals surface area (Å²) >= 11 is 0. The number of benzene rings is 1. The molecule has 1 aliphatic heterocycles. The van der Waals surface area contributed by atoms with Gasteiger partial charge < -0.3 is 19.5 Å². The second kappa shape index (κ2) is 7.13. The Morgan fingerprint density at radius 3 is 2.83 bits per heavy atom. The number of fused-ring (bicyclic) bond motifs is 1. The molecule has 1 saturated heterocycles. The zero-order valence-electron chi connectivity index (χ0n) is 15.2. The lowest BCUT2D eigenvalue weighted by Gasteiger charge is -2.34. The molecule has 5 nitrogen and oxygen atoms in total. The minimum atomic E-state index is 0.369. The van der Waals surface area contributed by atoms with Crippen LogP contribution in [0.3, 0.4) is 0 Å². The molecule has 1 atom stereocenters. The Morgan fingerprint density at radius 1 is 1.21 bits per heavy atom. The molecule has 1 aromatic heterocycles. The number of aromatic nitrogens is 1. The third-order valence-corrected chi connectivity index (χ3v) is 4.85.